The molecule has 1 aromatic carbocycles. The zero-order valence-corrected chi connectivity index (χ0v) is 10.6. The Balaban J connectivity index is 1.91. The Morgan fingerprint density at radius 2 is 2.33 bits per heavy atom. The quantitative estimate of drug-likeness (QED) is 0.884. The van der Waals surface area contributed by atoms with Crippen LogP contribution in [0.4, 0.5) is 0 Å². The molecule has 2 unspecified atom stereocenters. The Kier molecular flexibility index (Phi) is 3.99. The van der Waals surface area contributed by atoms with Crippen molar-refractivity contribution in [1.29, 1.82) is 5.26 Å². The summed E-state index contributed by atoms with van der Waals surface area (Å²) < 4.78 is 0. The lowest BCUT2D eigenvalue weighted by Gasteiger charge is -2.15. The van der Waals surface area contributed by atoms with Crippen LogP contribution in [0.25, 0.3) is 0 Å². The number of nitriles is 1. The Morgan fingerprint density at radius 1 is 1.50 bits per heavy atom. The van der Waals surface area contributed by atoms with E-state index in [9.17, 15) is 4.79 Å². The largest absolute Gasteiger partial charge is 0.352 e. The van der Waals surface area contributed by atoms with Crippen molar-refractivity contribution in [2.24, 2.45) is 5.92 Å². The summed E-state index contributed by atoms with van der Waals surface area (Å²) in [5.74, 6) is 0.0132. The molecule has 0 heterocycles. The average Bonchev–Trinajstić information content (AvgIpc) is 2.76. The van der Waals surface area contributed by atoms with Crippen molar-refractivity contribution >= 4 is 5.91 Å². The first-order valence-corrected chi connectivity index (χ1v) is 6.43. The van der Waals surface area contributed by atoms with Gasteiger partial charge in [-0.2, -0.15) is 5.26 Å². The van der Waals surface area contributed by atoms with Crippen LogP contribution in [0.5, 0.6) is 0 Å². The molecule has 1 saturated carbocycles. The number of amides is 1. The molecule has 3 nitrogen and oxygen atoms in total. The lowest BCUT2D eigenvalue weighted by Crippen LogP contribution is -2.37. The summed E-state index contributed by atoms with van der Waals surface area (Å²) in [5.41, 5.74) is 2.19. The van der Waals surface area contributed by atoms with Gasteiger partial charge >= 0.3 is 0 Å². The maximum absolute atomic E-state index is 11.9. The van der Waals surface area contributed by atoms with Crippen LogP contribution < -0.4 is 5.32 Å². The molecule has 0 bridgehead atoms. The summed E-state index contributed by atoms with van der Waals surface area (Å²) in [5, 5.41) is 12.0. The van der Waals surface area contributed by atoms with Gasteiger partial charge in [-0.05, 0) is 31.7 Å². The molecule has 3 heteroatoms. The predicted octanol–water partition coefficient (Wildman–Crippen LogP) is 2.35. The van der Waals surface area contributed by atoms with Crippen LogP contribution in [0, 0.1) is 24.2 Å². The molecule has 1 fully saturated rings. The summed E-state index contributed by atoms with van der Waals surface area (Å²) in [7, 11) is 0. The highest BCUT2D eigenvalue weighted by Gasteiger charge is 2.28. The van der Waals surface area contributed by atoms with Gasteiger partial charge < -0.3 is 5.32 Å². The fourth-order valence-electron chi connectivity index (χ4n) is 2.55. The lowest BCUT2D eigenvalue weighted by molar-refractivity contribution is -0.121. The molecule has 2 atom stereocenters. The van der Waals surface area contributed by atoms with Crippen LogP contribution in [-0.4, -0.2) is 11.9 Å². The molecule has 0 radical (unpaired) electrons. The normalized spacial score (nSPS) is 22.4. The van der Waals surface area contributed by atoms with Crippen molar-refractivity contribution in [3.05, 3.63) is 35.4 Å². The zero-order valence-electron chi connectivity index (χ0n) is 10.6. The Labute approximate surface area is 108 Å². The Bertz CT molecular complexity index is 476. The van der Waals surface area contributed by atoms with Crippen LogP contribution in [0.3, 0.4) is 0 Å². The van der Waals surface area contributed by atoms with Crippen molar-refractivity contribution in [3.8, 4) is 6.07 Å². The van der Waals surface area contributed by atoms with Crippen LogP contribution in [0.1, 0.15) is 30.4 Å². The van der Waals surface area contributed by atoms with E-state index in [1.165, 1.54) is 0 Å². The number of benzene rings is 1. The minimum Gasteiger partial charge on any atom is -0.352 e. The third-order valence-electron chi connectivity index (χ3n) is 3.48. The SMILES string of the molecule is Cc1cccc(CC(=O)NC2CCCC2C#N)c1. The summed E-state index contributed by atoms with van der Waals surface area (Å²) in [6.45, 7) is 2.02. The number of nitrogens with zero attached hydrogens (tertiary/aromatic N) is 1. The van der Waals surface area contributed by atoms with Crippen molar-refractivity contribution in [2.45, 2.75) is 38.6 Å². The second-order valence-corrected chi connectivity index (χ2v) is 5.01. The highest BCUT2D eigenvalue weighted by atomic mass is 16.1. The second kappa shape index (κ2) is 5.68. The van der Waals surface area contributed by atoms with Gasteiger partial charge in [-0.25, -0.2) is 0 Å². The third kappa shape index (κ3) is 3.10. The van der Waals surface area contributed by atoms with E-state index in [4.69, 9.17) is 5.26 Å². The predicted molar refractivity (Wildman–Crippen MR) is 69.8 cm³/mol. The van der Waals surface area contributed by atoms with Gasteiger partial charge in [0.1, 0.15) is 0 Å². The minimum absolute atomic E-state index is 0.00791. The van der Waals surface area contributed by atoms with Gasteiger partial charge in [0.2, 0.25) is 5.91 Å². The van der Waals surface area contributed by atoms with Gasteiger partial charge in [-0.1, -0.05) is 29.8 Å². The number of carbonyl (C=O) groups is 1. The lowest BCUT2D eigenvalue weighted by atomic mass is 10.0. The van der Waals surface area contributed by atoms with E-state index in [0.29, 0.717) is 6.42 Å². The summed E-state index contributed by atoms with van der Waals surface area (Å²) in [4.78, 5) is 11.9. The van der Waals surface area contributed by atoms with Gasteiger partial charge in [0, 0.05) is 6.04 Å². The Morgan fingerprint density at radius 3 is 3.06 bits per heavy atom. The molecule has 1 N–H and O–H groups in total. The fraction of sp³-hybridized carbons (Fsp3) is 0.467. The molecule has 1 amide bonds. The standard InChI is InChI=1S/C15H18N2O/c1-11-4-2-5-12(8-11)9-15(18)17-14-7-3-6-13(14)10-16/h2,4-5,8,13-14H,3,6-7,9H2,1H3,(H,17,18). The van der Waals surface area contributed by atoms with Crippen molar-refractivity contribution in [1.82, 2.24) is 5.32 Å². The zero-order chi connectivity index (χ0) is 13.0. The molecule has 0 aliphatic heterocycles. The van der Waals surface area contributed by atoms with Gasteiger partial charge in [-0.3, -0.25) is 4.79 Å². The molecule has 1 aromatic rings. The summed E-state index contributed by atoms with van der Waals surface area (Å²) in [6, 6.07) is 10.3. The molecule has 0 aromatic heterocycles. The maximum atomic E-state index is 11.9. The number of aryl methyl sites for hydroxylation is 1. The number of hydrogen-bond acceptors (Lipinski definition) is 2. The van der Waals surface area contributed by atoms with Crippen molar-refractivity contribution in [2.75, 3.05) is 0 Å². The van der Waals surface area contributed by atoms with Crippen LogP contribution in [0.2, 0.25) is 0 Å². The van der Waals surface area contributed by atoms with E-state index in [2.05, 4.69) is 11.4 Å². The molecule has 1 aliphatic carbocycles. The van der Waals surface area contributed by atoms with Crippen LogP contribution >= 0.6 is 0 Å². The molecule has 2 rings (SSSR count). The van der Waals surface area contributed by atoms with Gasteiger partial charge in [0.15, 0.2) is 0 Å². The maximum Gasteiger partial charge on any atom is 0.224 e. The molecule has 0 spiro atoms. The first kappa shape index (κ1) is 12.6. The number of rotatable bonds is 3. The number of nitrogens with one attached hydrogen (secondary N) is 1. The smallest absolute Gasteiger partial charge is 0.224 e. The first-order chi connectivity index (χ1) is 8.69. The molecule has 18 heavy (non-hydrogen) atoms. The first-order valence-electron chi connectivity index (χ1n) is 6.43. The monoisotopic (exact) mass is 242 g/mol. The fourth-order valence-corrected chi connectivity index (χ4v) is 2.55. The number of carbonyl (C=O) groups excluding carboxylic acids is 1. The van der Waals surface area contributed by atoms with E-state index >= 15 is 0 Å². The van der Waals surface area contributed by atoms with Crippen LogP contribution in [0.15, 0.2) is 24.3 Å². The second-order valence-electron chi connectivity index (χ2n) is 5.01. The molecule has 1 aliphatic rings. The van der Waals surface area contributed by atoms with E-state index < -0.39 is 0 Å². The highest BCUT2D eigenvalue weighted by molar-refractivity contribution is 5.79. The van der Waals surface area contributed by atoms with Crippen molar-refractivity contribution in [3.63, 3.8) is 0 Å². The Hall–Kier alpha value is -1.82. The van der Waals surface area contributed by atoms with Gasteiger partial charge in [-0.15, -0.1) is 0 Å². The van der Waals surface area contributed by atoms with Gasteiger partial charge in [0.25, 0.3) is 0 Å². The molecule has 94 valence electrons. The minimum atomic E-state index is -0.00791. The van der Waals surface area contributed by atoms with Gasteiger partial charge in [0.05, 0.1) is 18.4 Å². The average molecular weight is 242 g/mol. The molecule has 0 saturated heterocycles. The molecular formula is C15H18N2O. The topological polar surface area (TPSA) is 52.9 Å². The number of hydrogen-bond donors (Lipinski definition) is 1. The van der Waals surface area contributed by atoms with Crippen LogP contribution in [-0.2, 0) is 11.2 Å². The molecular weight excluding hydrogens is 224 g/mol. The third-order valence-corrected chi connectivity index (χ3v) is 3.48. The summed E-state index contributed by atoms with van der Waals surface area (Å²) in [6.07, 6.45) is 3.27. The van der Waals surface area contributed by atoms with E-state index in [1.54, 1.807) is 0 Å². The van der Waals surface area contributed by atoms with E-state index in [1.807, 2.05) is 31.2 Å². The highest BCUT2D eigenvalue weighted by Crippen LogP contribution is 2.24. The van der Waals surface area contributed by atoms with E-state index in [-0.39, 0.29) is 17.9 Å². The summed E-state index contributed by atoms with van der Waals surface area (Å²) >= 11 is 0. The van der Waals surface area contributed by atoms with E-state index in [0.717, 1.165) is 30.4 Å². The van der Waals surface area contributed by atoms with Crippen molar-refractivity contribution < 1.29 is 4.79 Å².